The Bertz CT molecular complexity index is 1020. The highest BCUT2D eigenvalue weighted by Gasteiger charge is 2.30. The molecule has 11 heteroatoms. The van der Waals surface area contributed by atoms with E-state index >= 15 is 0 Å². The standard InChI is InChI=1S/C21H29ClN6O3S/c1-17-2-3-18(22)16-19(17)32(30,31)28-12-10-27(11-13-28)21-5-4-20(23-24-21)26-8-6-25(7-9-26)14-15-29/h2-5,16,29H,6-15H2,1H3. The second kappa shape index (κ2) is 9.88. The van der Waals surface area contributed by atoms with Crippen LogP contribution in [-0.2, 0) is 10.0 Å². The maximum absolute atomic E-state index is 13.1. The van der Waals surface area contributed by atoms with Crippen LogP contribution in [0.3, 0.4) is 0 Å². The third-order valence-electron chi connectivity index (χ3n) is 6.08. The fourth-order valence-corrected chi connectivity index (χ4v) is 6.06. The SMILES string of the molecule is Cc1ccc(Cl)cc1S(=O)(=O)N1CCN(c2ccc(N3CCN(CCO)CC3)nn2)CC1. The number of piperazine rings is 2. The van der Waals surface area contributed by atoms with Crippen molar-refractivity contribution >= 4 is 33.3 Å². The van der Waals surface area contributed by atoms with Crippen molar-refractivity contribution in [3.8, 4) is 0 Å². The number of anilines is 2. The van der Waals surface area contributed by atoms with E-state index in [-0.39, 0.29) is 11.5 Å². The van der Waals surface area contributed by atoms with Gasteiger partial charge in [0.05, 0.1) is 11.5 Å². The zero-order chi connectivity index (χ0) is 22.7. The molecule has 0 saturated carbocycles. The predicted molar refractivity (Wildman–Crippen MR) is 125 cm³/mol. The second-order valence-corrected chi connectivity index (χ2v) is 10.4. The second-order valence-electron chi connectivity index (χ2n) is 8.10. The van der Waals surface area contributed by atoms with Crippen LogP contribution in [0.2, 0.25) is 5.02 Å². The summed E-state index contributed by atoms with van der Waals surface area (Å²) < 4.78 is 27.7. The molecule has 2 aliphatic heterocycles. The van der Waals surface area contributed by atoms with Crippen molar-refractivity contribution < 1.29 is 13.5 Å². The van der Waals surface area contributed by atoms with Crippen LogP contribution in [0.1, 0.15) is 5.56 Å². The van der Waals surface area contributed by atoms with Crippen LogP contribution < -0.4 is 9.80 Å². The van der Waals surface area contributed by atoms with Crippen molar-refractivity contribution in [3.05, 3.63) is 40.9 Å². The number of sulfonamides is 1. The summed E-state index contributed by atoms with van der Waals surface area (Å²) in [6.07, 6.45) is 0. The molecule has 32 heavy (non-hydrogen) atoms. The van der Waals surface area contributed by atoms with E-state index in [1.54, 1.807) is 19.1 Å². The molecule has 2 saturated heterocycles. The summed E-state index contributed by atoms with van der Waals surface area (Å²) in [6, 6.07) is 8.88. The molecule has 2 aliphatic rings. The molecule has 4 rings (SSSR count). The first kappa shape index (κ1) is 23.2. The Balaban J connectivity index is 1.36. The highest BCUT2D eigenvalue weighted by Crippen LogP contribution is 2.25. The van der Waals surface area contributed by atoms with Crippen molar-refractivity contribution in [1.29, 1.82) is 0 Å². The number of hydrogen-bond donors (Lipinski definition) is 1. The third-order valence-corrected chi connectivity index (χ3v) is 8.36. The summed E-state index contributed by atoms with van der Waals surface area (Å²) >= 11 is 6.03. The minimum Gasteiger partial charge on any atom is -0.395 e. The lowest BCUT2D eigenvalue weighted by atomic mass is 10.2. The number of rotatable bonds is 6. The van der Waals surface area contributed by atoms with Crippen molar-refractivity contribution in [2.75, 3.05) is 75.3 Å². The van der Waals surface area contributed by atoms with Crippen molar-refractivity contribution in [2.45, 2.75) is 11.8 Å². The van der Waals surface area contributed by atoms with Crippen LogP contribution in [0.15, 0.2) is 35.2 Å². The van der Waals surface area contributed by atoms with Gasteiger partial charge < -0.3 is 14.9 Å². The number of aliphatic hydroxyl groups is 1. The minimum absolute atomic E-state index is 0.182. The quantitative estimate of drug-likeness (QED) is 0.656. The Morgan fingerprint density at radius 1 is 0.906 bits per heavy atom. The van der Waals surface area contributed by atoms with Gasteiger partial charge in [-0.3, -0.25) is 4.90 Å². The fourth-order valence-electron chi connectivity index (χ4n) is 4.15. The number of hydrogen-bond acceptors (Lipinski definition) is 8. The van der Waals surface area contributed by atoms with Gasteiger partial charge in [0.15, 0.2) is 11.6 Å². The molecule has 1 aromatic carbocycles. The topological polar surface area (TPSA) is 93.1 Å². The number of aliphatic hydroxyl groups excluding tert-OH is 1. The third kappa shape index (κ3) is 4.99. The van der Waals surface area contributed by atoms with E-state index in [9.17, 15) is 8.42 Å². The van der Waals surface area contributed by atoms with Gasteiger partial charge in [-0.25, -0.2) is 8.42 Å². The predicted octanol–water partition coefficient (Wildman–Crippen LogP) is 1.06. The minimum atomic E-state index is -3.59. The number of aromatic nitrogens is 2. The lowest BCUT2D eigenvalue weighted by Gasteiger charge is -2.36. The number of halogens is 1. The van der Waals surface area contributed by atoms with Gasteiger partial charge in [0.2, 0.25) is 10.0 Å². The number of benzene rings is 1. The average molecular weight is 481 g/mol. The summed E-state index contributed by atoms with van der Waals surface area (Å²) in [7, 11) is -3.59. The normalized spacial score (nSPS) is 18.8. The van der Waals surface area contributed by atoms with Gasteiger partial charge in [-0.1, -0.05) is 17.7 Å². The highest BCUT2D eigenvalue weighted by atomic mass is 35.5. The van der Waals surface area contributed by atoms with Gasteiger partial charge in [0.1, 0.15) is 0 Å². The highest BCUT2D eigenvalue weighted by molar-refractivity contribution is 7.89. The number of aryl methyl sites for hydroxylation is 1. The van der Waals surface area contributed by atoms with Gasteiger partial charge in [-0.2, -0.15) is 4.31 Å². The van der Waals surface area contributed by atoms with Crippen LogP contribution in [-0.4, -0.2) is 98.4 Å². The Morgan fingerprint density at radius 2 is 1.47 bits per heavy atom. The molecule has 0 aliphatic carbocycles. The molecule has 3 heterocycles. The maximum atomic E-state index is 13.1. The largest absolute Gasteiger partial charge is 0.395 e. The van der Waals surface area contributed by atoms with Crippen LogP contribution in [0.25, 0.3) is 0 Å². The molecule has 0 unspecified atom stereocenters. The van der Waals surface area contributed by atoms with Crippen molar-refractivity contribution in [1.82, 2.24) is 19.4 Å². The van der Waals surface area contributed by atoms with Gasteiger partial charge in [0, 0.05) is 63.9 Å². The van der Waals surface area contributed by atoms with Crippen LogP contribution in [0.4, 0.5) is 11.6 Å². The first-order valence-electron chi connectivity index (χ1n) is 10.8. The van der Waals surface area contributed by atoms with E-state index in [0.29, 0.717) is 43.3 Å². The summed E-state index contributed by atoms with van der Waals surface area (Å²) in [5.41, 5.74) is 0.690. The van der Waals surface area contributed by atoms with E-state index in [1.807, 2.05) is 12.1 Å². The lowest BCUT2D eigenvalue weighted by molar-refractivity contribution is 0.188. The van der Waals surface area contributed by atoms with Crippen molar-refractivity contribution in [2.24, 2.45) is 0 Å². The molecule has 2 aromatic rings. The molecular formula is C21H29ClN6O3S. The van der Waals surface area contributed by atoms with E-state index in [0.717, 1.165) is 37.8 Å². The van der Waals surface area contributed by atoms with Gasteiger partial charge in [0.25, 0.3) is 0 Å². The van der Waals surface area contributed by atoms with E-state index in [2.05, 4.69) is 24.9 Å². The summed E-state index contributed by atoms with van der Waals surface area (Å²) in [6.45, 7) is 8.02. The molecule has 0 bridgehead atoms. The molecule has 0 atom stereocenters. The first-order chi connectivity index (χ1) is 15.4. The monoisotopic (exact) mass is 480 g/mol. The van der Waals surface area contributed by atoms with Crippen LogP contribution >= 0.6 is 11.6 Å². The van der Waals surface area contributed by atoms with E-state index in [1.165, 1.54) is 10.4 Å². The van der Waals surface area contributed by atoms with Gasteiger partial charge in [-0.05, 0) is 36.8 Å². The molecule has 2 fully saturated rings. The summed E-state index contributed by atoms with van der Waals surface area (Å²) in [5, 5.41) is 18.3. The van der Waals surface area contributed by atoms with Crippen molar-refractivity contribution in [3.63, 3.8) is 0 Å². The molecule has 1 N–H and O–H groups in total. The Morgan fingerprint density at radius 3 is 2.00 bits per heavy atom. The molecule has 174 valence electrons. The zero-order valence-corrected chi connectivity index (χ0v) is 19.8. The van der Waals surface area contributed by atoms with Crippen LogP contribution in [0, 0.1) is 6.92 Å². The number of β-amino-alcohol motifs (C(OH)–C–C–N with tert-alkyl or cyclic N) is 1. The molecular weight excluding hydrogens is 452 g/mol. The number of nitrogens with zero attached hydrogens (tertiary/aromatic N) is 6. The Kier molecular flexibility index (Phi) is 7.16. The zero-order valence-electron chi connectivity index (χ0n) is 18.2. The molecule has 0 spiro atoms. The lowest BCUT2D eigenvalue weighted by Crippen LogP contribution is -2.49. The van der Waals surface area contributed by atoms with Gasteiger partial charge >= 0.3 is 0 Å². The Hall–Kier alpha value is -1.98. The first-order valence-corrected chi connectivity index (χ1v) is 12.6. The molecule has 1 aromatic heterocycles. The summed E-state index contributed by atoms with van der Waals surface area (Å²) in [5.74, 6) is 1.60. The average Bonchev–Trinajstić information content (AvgIpc) is 2.81. The molecule has 0 amide bonds. The summed E-state index contributed by atoms with van der Waals surface area (Å²) in [4.78, 5) is 6.76. The fraction of sp³-hybridized carbons (Fsp3) is 0.524. The smallest absolute Gasteiger partial charge is 0.243 e. The molecule has 0 radical (unpaired) electrons. The van der Waals surface area contributed by atoms with E-state index < -0.39 is 10.0 Å². The molecule has 9 nitrogen and oxygen atoms in total. The van der Waals surface area contributed by atoms with Gasteiger partial charge in [-0.15, -0.1) is 10.2 Å². The van der Waals surface area contributed by atoms with E-state index in [4.69, 9.17) is 16.7 Å². The van der Waals surface area contributed by atoms with Crippen LogP contribution in [0.5, 0.6) is 0 Å². The Labute approximate surface area is 194 Å². The maximum Gasteiger partial charge on any atom is 0.243 e.